The van der Waals surface area contributed by atoms with Gasteiger partial charge in [0.1, 0.15) is 0 Å². The van der Waals surface area contributed by atoms with Crippen LogP contribution in [0.5, 0.6) is 0 Å². The number of carbonyl (C=O) groups is 2. The second kappa shape index (κ2) is 11.3. The Balaban J connectivity index is 1.83. The third-order valence-electron chi connectivity index (χ3n) is 5.45. The summed E-state index contributed by atoms with van der Waals surface area (Å²) in [5, 5.41) is 20.4. The Morgan fingerprint density at radius 3 is 2.49 bits per heavy atom. The quantitative estimate of drug-likeness (QED) is 0.560. The van der Waals surface area contributed by atoms with E-state index >= 15 is 0 Å². The van der Waals surface area contributed by atoms with E-state index in [4.69, 9.17) is 22.6 Å². The minimum atomic E-state index is -4.76. The second-order valence-corrected chi connectivity index (χ2v) is 8.21. The minimum Gasteiger partial charge on any atom is -0.395 e. The van der Waals surface area contributed by atoms with Crippen molar-refractivity contribution in [2.24, 2.45) is 0 Å². The van der Waals surface area contributed by atoms with E-state index in [0.29, 0.717) is 25.1 Å². The van der Waals surface area contributed by atoms with E-state index < -0.39 is 23.2 Å². The fourth-order valence-corrected chi connectivity index (χ4v) is 4.11. The number of aliphatic hydroxyl groups is 1. The molecular weight excluding hydrogens is 481 g/mol. The molecule has 2 N–H and O–H groups in total. The molecule has 2 aromatic carbocycles. The van der Waals surface area contributed by atoms with Crippen molar-refractivity contribution in [3.8, 4) is 6.07 Å². The van der Waals surface area contributed by atoms with Gasteiger partial charge in [0.25, 0.3) is 0 Å². The lowest BCUT2D eigenvalue weighted by atomic mass is 10.1. The van der Waals surface area contributed by atoms with Crippen LogP contribution in [0.3, 0.4) is 0 Å². The molecule has 0 bridgehead atoms. The van der Waals surface area contributed by atoms with Gasteiger partial charge in [-0.2, -0.15) is 18.4 Å². The minimum absolute atomic E-state index is 0.0430. The molecule has 0 aliphatic carbocycles. The number of anilines is 2. The Morgan fingerprint density at radius 1 is 1.17 bits per heavy atom. The molecule has 0 spiro atoms. The predicted octanol–water partition coefficient (Wildman–Crippen LogP) is 3.54. The third kappa shape index (κ3) is 6.35. The molecule has 1 aliphatic rings. The van der Waals surface area contributed by atoms with Crippen LogP contribution in [-0.2, 0) is 22.2 Å². The molecule has 184 valence electrons. The maximum Gasteiger partial charge on any atom is 0.417 e. The number of nitrogens with one attached hydrogen (secondary N) is 1. The lowest BCUT2D eigenvalue weighted by molar-refractivity contribution is -0.137. The smallest absolute Gasteiger partial charge is 0.395 e. The summed E-state index contributed by atoms with van der Waals surface area (Å²) in [6.45, 7) is 0.463. The van der Waals surface area contributed by atoms with Crippen LogP contribution in [0.25, 0.3) is 0 Å². The van der Waals surface area contributed by atoms with Crippen molar-refractivity contribution < 1.29 is 27.9 Å². The van der Waals surface area contributed by atoms with Crippen LogP contribution in [0.15, 0.2) is 42.5 Å². The zero-order valence-corrected chi connectivity index (χ0v) is 19.5. The topological polar surface area (TPSA) is 96.7 Å². The highest BCUT2D eigenvalue weighted by atomic mass is 32.1. The molecule has 7 nitrogen and oxygen atoms in total. The summed E-state index contributed by atoms with van der Waals surface area (Å²) in [7, 11) is 0. The first-order chi connectivity index (χ1) is 16.7. The fourth-order valence-electron chi connectivity index (χ4n) is 3.70. The zero-order chi connectivity index (χ0) is 25.6. The highest BCUT2D eigenvalue weighted by Crippen LogP contribution is 2.35. The zero-order valence-electron chi connectivity index (χ0n) is 18.6. The molecular formula is C24H23F3N4O3S. The van der Waals surface area contributed by atoms with Gasteiger partial charge < -0.3 is 15.3 Å². The summed E-state index contributed by atoms with van der Waals surface area (Å²) in [5.41, 5.74) is -0.164. The van der Waals surface area contributed by atoms with Gasteiger partial charge in [0.15, 0.2) is 5.11 Å². The third-order valence-corrected chi connectivity index (χ3v) is 5.86. The number of aliphatic hydroxyl groups excluding tert-OH is 1. The van der Waals surface area contributed by atoms with Gasteiger partial charge in [0.05, 0.1) is 29.5 Å². The fraction of sp³-hybridized carbons (Fsp3) is 0.333. The summed E-state index contributed by atoms with van der Waals surface area (Å²) in [5.74, 6) is -0.604. The maximum atomic E-state index is 13.5. The van der Waals surface area contributed by atoms with Gasteiger partial charge in [-0.1, -0.05) is 12.1 Å². The van der Waals surface area contributed by atoms with Gasteiger partial charge in [0.2, 0.25) is 11.8 Å². The molecule has 11 heteroatoms. The molecule has 2 aromatic rings. The highest BCUT2D eigenvalue weighted by molar-refractivity contribution is 7.81. The number of hydrogen-bond acceptors (Lipinski definition) is 5. The highest BCUT2D eigenvalue weighted by Gasteiger charge is 2.36. The first kappa shape index (κ1) is 26.1. The molecule has 0 aromatic heterocycles. The number of carbonyl (C=O) groups excluding carboxylic acids is 2. The van der Waals surface area contributed by atoms with Crippen LogP contribution in [0.2, 0.25) is 0 Å². The SMILES string of the molecule is N#Cc1ccc(N2C(=O)CCCN(c3ccc(CCC(=O)NCCO)cc3)C2=S)cc1C(F)(F)F. The molecule has 35 heavy (non-hydrogen) atoms. The lowest BCUT2D eigenvalue weighted by Crippen LogP contribution is -2.44. The number of hydrogen-bond donors (Lipinski definition) is 2. The first-order valence-corrected chi connectivity index (χ1v) is 11.3. The van der Waals surface area contributed by atoms with Crippen LogP contribution >= 0.6 is 12.2 Å². The van der Waals surface area contributed by atoms with Crippen molar-refractivity contribution in [1.29, 1.82) is 5.26 Å². The van der Waals surface area contributed by atoms with Crippen molar-refractivity contribution in [2.75, 3.05) is 29.5 Å². The van der Waals surface area contributed by atoms with E-state index in [0.717, 1.165) is 22.6 Å². The number of nitrogens with zero attached hydrogens (tertiary/aromatic N) is 3. The Labute approximate surface area is 205 Å². The predicted molar refractivity (Wildman–Crippen MR) is 128 cm³/mol. The summed E-state index contributed by atoms with van der Waals surface area (Å²) < 4.78 is 40.4. The largest absolute Gasteiger partial charge is 0.417 e. The standard InChI is InChI=1S/C24H23F3N4O3S/c25-24(26,27)20-14-19(9-6-17(20)15-28)31-22(34)2-1-12-30(23(31)35)18-7-3-16(4-8-18)5-10-21(33)29-11-13-32/h3-4,6-9,14,32H,1-2,5,10-13H2,(H,29,33). The summed E-state index contributed by atoms with van der Waals surface area (Å²) in [6, 6.07) is 11.8. The van der Waals surface area contributed by atoms with E-state index in [2.05, 4.69) is 5.32 Å². The monoisotopic (exact) mass is 504 g/mol. The van der Waals surface area contributed by atoms with E-state index in [1.807, 2.05) is 12.1 Å². The lowest BCUT2D eigenvalue weighted by Gasteiger charge is -2.30. The molecule has 0 unspecified atom stereocenters. The number of nitriles is 1. The molecule has 2 amide bonds. The summed E-state index contributed by atoms with van der Waals surface area (Å²) in [6.07, 6.45) is -3.48. The number of thiocarbonyl (C=S) groups is 1. The normalized spacial score (nSPS) is 14.5. The average Bonchev–Trinajstić information content (AvgIpc) is 2.98. The number of amides is 2. The van der Waals surface area contributed by atoms with Gasteiger partial charge in [-0.25, -0.2) is 0 Å². The van der Waals surface area contributed by atoms with Crippen LogP contribution < -0.4 is 15.1 Å². The Hall–Kier alpha value is -3.49. The first-order valence-electron chi connectivity index (χ1n) is 10.9. The van der Waals surface area contributed by atoms with Crippen LogP contribution in [0, 0.1) is 11.3 Å². The van der Waals surface area contributed by atoms with Crippen LogP contribution in [0.1, 0.15) is 36.0 Å². The number of alkyl halides is 3. The number of aryl methyl sites for hydroxylation is 1. The van der Waals surface area contributed by atoms with Gasteiger partial charge in [-0.3, -0.25) is 14.5 Å². The van der Waals surface area contributed by atoms with Crippen LogP contribution in [-0.4, -0.2) is 41.7 Å². The molecule has 1 heterocycles. The maximum absolute atomic E-state index is 13.5. The van der Waals surface area contributed by atoms with E-state index in [9.17, 15) is 22.8 Å². The van der Waals surface area contributed by atoms with Crippen molar-refractivity contribution in [3.63, 3.8) is 0 Å². The molecule has 1 fully saturated rings. The Bertz CT molecular complexity index is 1150. The second-order valence-electron chi connectivity index (χ2n) is 7.85. The average molecular weight is 505 g/mol. The molecule has 1 aliphatic heterocycles. The molecule has 0 atom stereocenters. The Morgan fingerprint density at radius 2 is 1.86 bits per heavy atom. The van der Waals surface area contributed by atoms with E-state index in [1.54, 1.807) is 17.0 Å². The van der Waals surface area contributed by atoms with Crippen molar-refractivity contribution in [2.45, 2.75) is 31.9 Å². The molecule has 3 rings (SSSR count). The number of benzene rings is 2. The number of rotatable bonds is 7. The van der Waals surface area contributed by atoms with Gasteiger partial charge in [-0.15, -0.1) is 0 Å². The van der Waals surface area contributed by atoms with Crippen molar-refractivity contribution >= 4 is 40.5 Å². The summed E-state index contributed by atoms with van der Waals surface area (Å²) >= 11 is 5.54. The van der Waals surface area contributed by atoms with Crippen molar-refractivity contribution in [3.05, 3.63) is 59.2 Å². The molecule has 1 saturated heterocycles. The van der Waals surface area contributed by atoms with E-state index in [1.165, 1.54) is 12.1 Å². The summed E-state index contributed by atoms with van der Waals surface area (Å²) in [4.78, 5) is 27.3. The van der Waals surface area contributed by atoms with Gasteiger partial charge in [0, 0.05) is 31.6 Å². The molecule has 0 radical (unpaired) electrons. The van der Waals surface area contributed by atoms with Gasteiger partial charge in [-0.05, 0) is 61.0 Å². The van der Waals surface area contributed by atoms with Gasteiger partial charge >= 0.3 is 6.18 Å². The van der Waals surface area contributed by atoms with E-state index in [-0.39, 0.29) is 42.7 Å². The molecule has 0 saturated carbocycles. The number of halogens is 3. The van der Waals surface area contributed by atoms with Crippen LogP contribution in [0.4, 0.5) is 24.5 Å². The van der Waals surface area contributed by atoms with Crippen molar-refractivity contribution in [1.82, 2.24) is 5.32 Å². The Kier molecular flexibility index (Phi) is 8.43.